The maximum Gasteiger partial charge on any atom is 0.311 e. The Morgan fingerprint density at radius 1 is 0.833 bits per heavy atom. The van der Waals surface area contributed by atoms with Gasteiger partial charge in [0, 0.05) is 39.4 Å². The summed E-state index contributed by atoms with van der Waals surface area (Å²) in [4.78, 5) is 47.9. The SMILES string of the molecule is CCC(=O)CCCCn1cc(COCc2cn(CCOCCOCCOC(=O)C(C)(C)CC(CC(Br)C(=O)NC)C(=O)NC)nn2)nn1. The zero-order valence-corrected chi connectivity index (χ0v) is 30.3. The predicted octanol–water partition coefficient (Wildman–Crippen LogP) is 1.99. The monoisotopic (exact) mass is 742 g/mol. The first-order valence-electron chi connectivity index (χ1n) is 16.3. The van der Waals surface area contributed by atoms with Crippen molar-refractivity contribution in [3.63, 3.8) is 0 Å². The molecule has 270 valence electrons. The van der Waals surface area contributed by atoms with Crippen LogP contribution in [0.2, 0.25) is 0 Å². The number of Topliss-reactive ketones (excluding diaryl/α,β-unsaturated/α-hetero) is 1. The molecule has 0 aliphatic heterocycles. The minimum absolute atomic E-state index is 0.0662. The van der Waals surface area contributed by atoms with Crippen LogP contribution >= 0.6 is 15.9 Å². The number of hydrogen-bond acceptors (Lipinski definition) is 12. The van der Waals surface area contributed by atoms with Crippen molar-refractivity contribution in [2.75, 3.05) is 47.1 Å². The van der Waals surface area contributed by atoms with E-state index in [9.17, 15) is 19.2 Å². The van der Waals surface area contributed by atoms with Gasteiger partial charge in [-0.3, -0.25) is 23.9 Å². The molecule has 48 heavy (non-hydrogen) atoms. The van der Waals surface area contributed by atoms with Gasteiger partial charge in [-0.1, -0.05) is 33.3 Å². The number of nitrogens with zero attached hydrogens (tertiary/aromatic N) is 6. The van der Waals surface area contributed by atoms with Crippen LogP contribution in [0, 0.1) is 11.3 Å². The molecule has 2 N–H and O–H groups in total. The van der Waals surface area contributed by atoms with E-state index in [0.717, 1.165) is 18.5 Å². The normalized spacial score (nSPS) is 12.8. The molecule has 0 aliphatic rings. The second-order valence-electron chi connectivity index (χ2n) is 11.9. The molecular weight excluding hydrogens is 692 g/mol. The van der Waals surface area contributed by atoms with Gasteiger partial charge in [0.2, 0.25) is 11.8 Å². The molecule has 0 saturated carbocycles. The van der Waals surface area contributed by atoms with Gasteiger partial charge in [-0.15, -0.1) is 10.2 Å². The van der Waals surface area contributed by atoms with Crippen LogP contribution in [0.15, 0.2) is 12.4 Å². The molecule has 17 heteroatoms. The molecule has 2 unspecified atom stereocenters. The molecule has 2 aromatic heterocycles. The second kappa shape index (κ2) is 22.4. The van der Waals surface area contributed by atoms with Gasteiger partial charge in [-0.25, -0.2) is 4.68 Å². The van der Waals surface area contributed by atoms with Crippen molar-refractivity contribution in [3.05, 3.63) is 23.8 Å². The summed E-state index contributed by atoms with van der Waals surface area (Å²) < 4.78 is 25.6. The summed E-state index contributed by atoms with van der Waals surface area (Å²) in [5.41, 5.74) is 0.465. The number of halogens is 1. The standard InChI is InChI=1S/C31H51BrN8O8/c1-6-26(41)9-7-8-10-39-19-24(35-37-39)21-47-22-25-20-40(38-36-25)11-12-45-13-14-46-15-16-48-30(44)31(2,3)18-23(28(42)33-4)17-27(32)29(43)34-5/h19-20,23,27H,6-18,21-22H2,1-5H3,(H,33,42)(H,34,43). The van der Waals surface area contributed by atoms with Crippen LogP contribution in [0.3, 0.4) is 0 Å². The Labute approximate surface area is 290 Å². The maximum absolute atomic E-state index is 12.7. The van der Waals surface area contributed by atoms with Gasteiger partial charge in [0.15, 0.2) is 0 Å². The van der Waals surface area contributed by atoms with E-state index in [4.69, 9.17) is 18.9 Å². The molecule has 16 nitrogen and oxygen atoms in total. The first-order chi connectivity index (χ1) is 23.0. The third-order valence-electron chi connectivity index (χ3n) is 7.41. The minimum atomic E-state index is -0.942. The number of carbonyl (C=O) groups is 4. The zero-order chi connectivity index (χ0) is 35.4. The third kappa shape index (κ3) is 15.7. The Balaban J connectivity index is 1.55. The van der Waals surface area contributed by atoms with Gasteiger partial charge >= 0.3 is 5.97 Å². The fraction of sp³-hybridized carbons (Fsp3) is 0.742. The Hall–Kier alpha value is -3.28. The van der Waals surface area contributed by atoms with E-state index >= 15 is 0 Å². The van der Waals surface area contributed by atoms with Crippen LogP contribution in [0.4, 0.5) is 0 Å². The number of carbonyl (C=O) groups excluding carboxylic acids is 4. The highest BCUT2D eigenvalue weighted by atomic mass is 79.9. The Bertz CT molecular complexity index is 1270. The predicted molar refractivity (Wildman–Crippen MR) is 178 cm³/mol. The molecule has 2 amide bonds. The quantitative estimate of drug-likeness (QED) is 0.0811. The number of nitrogens with one attached hydrogen (secondary N) is 2. The summed E-state index contributed by atoms with van der Waals surface area (Å²) in [6.07, 6.45) is 7.01. The lowest BCUT2D eigenvalue weighted by molar-refractivity contribution is -0.157. The number of aryl methyl sites for hydroxylation is 1. The van der Waals surface area contributed by atoms with Crippen LogP contribution in [0.5, 0.6) is 0 Å². The van der Waals surface area contributed by atoms with Crippen molar-refractivity contribution in [2.45, 2.75) is 90.4 Å². The number of unbranched alkanes of at least 4 members (excludes halogenated alkanes) is 1. The van der Waals surface area contributed by atoms with Crippen molar-refractivity contribution in [3.8, 4) is 0 Å². The largest absolute Gasteiger partial charge is 0.463 e. The van der Waals surface area contributed by atoms with Crippen LogP contribution in [-0.4, -0.2) is 106 Å². The molecule has 2 aromatic rings. The van der Waals surface area contributed by atoms with E-state index in [-0.39, 0.29) is 50.3 Å². The van der Waals surface area contributed by atoms with Crippen molar-refractivity contribution in [1.82, 2.24) is 40.6 Å². The van der Waals surface area contributed by atoms with Crippen LogP contribution in [0.25, 0.3) is 0 Å². The number of ether oxygens (including phenoxy) is 4. The lowest BCUT2D eigenvalue weighted by Crippen LogP contribution is -2.39. The Morgan fingerprint density at radius 3 is 2.02 bits per heavy atom. The maximum atomic E-state index is 12.7. The van der Waals surface area contributed by atoms with Crippen LogP contribution in [-0.2, 0) is 64.4 Å². The van der Waals surface area contributed by atoms with Gasteiger partial charge in [0.25, 0.3) is 0 Å². The molecule has 2 heterocycles. The molecule has 0 spiro atoms. The van der Waals surface area contributed by atoms with E-state index < -0.39 is 22.1 Å². The number of alkyl halides is 1. The fourth-order valence-corrected chi connectivity index (χ4v) is 5.31. The van der Waals surface area contributed by atoms with E-state index in [2.05, 4.69) is 47.2 Å². The highest BCUT2D eigenvalue weighted by Gasteiger charge is 2.36. The molecule has 0 aliphatic carbocycles. The summed E-state index contributed by atoms with van der Waals surface area (Å²) in [5, 5.41) is 21.6. The number of esters is 1. The van der Waals surface area contributed by atoms with Crippen molar-refractivity contribution in [1.29, 1.82) is 0 Å². The molecule has 0 fully saturated rings. The fourth-order valence-electron chi connectivity index (χ4n) is 4.63. The van der Waals surface area contributed by atoms with Crippen LogP contribution < -0.4 is 10.6 Å². The first-order valence-corrected chi connectivity index (χ1v) is 17.2. The van der Waals surface area contributed by atoms with E-state index in [0.29, 0.717) is 58.1 Å². The average Bonchev–Trinajstić information content (AvgIpc) is 3.73. The molecule has 0 aromatic carbocycles. The third-order valence-corrected chi connectivity index (χ3v) is 8.20. The van der Waals surface area contributed by atoms with Crippen molar-refractivity contribution in [2.24, 2.45) is 11.3 Å². The first kappa shape index (κ1) is 40.9. The number of aromatic nitrogens is 6. The summed E-state index contributed by atoms with van der Waals surface area (Å²) in [7, 11) is 3.05. The van der Waals surface area contributed by atoms with Gasteiger partial charge in [0.05, 0.1) is 68.8 Å². The molecule has 0 saturated heterocycles. The number of ketones is 1. The minimum Gasteiger partial charge on any atom is -0.463 e. The van der Waals surface area contributed by atoms with E-state index in [1.54, 1.807) is 29.4 Å². The highest BCUT2D eigenvalue weighted by Crippen LogP contribution is 2.31. The van der Waals surface area contributed by atoms with Crippen molar-refractivity contribution >= 4 is 39.5 Å². The summed E-state index contributed by atoms with van der Waals surface area (Å²) >= 11 is 3.31. The van der Waals surface area contributed by atoms with Gasteiger partial charge in [0.1, 0.15) is 23.8 Å². The number of amides is 2. The lowest BCUT2D eigenvalue weighted by Gasteiger charge is -2.28. The smallest absolute Gasteiger partial charge is 0.311 e. The van der Waals surface area contributed by atoms with E-state index in [1.165, 1.54) is 14.1 Å². The topological polar surface area (TPSA) is 191 Å². The van der Waals surface area contributed by atoms with Gasteiger partial charge in [-0.05, 0) is 39.5 Å². The molecule has 0 bridgehead atoms. The zero-order valence-electron chi connectivity index (χ0n) is 28.7. The lowest BCUT2D eigenvalue weighted by atomic mass is 9.80. The Kier molecular flexibility index (Phi) is 19.1. The van der Waals surface area contributed by atoms with Gasteiger partial charge < -0.3 is 29.6 Å². The van der Waals surface area contributed by atoms with Crippen molar-refractivity contribution < 1.29 is 38.1 Å². The second-order valence-corrected chi connectivity index (χ2v) is 13.0. The summed E-state index contributed by atoms with van der Waals surface area (Å²) in [6, 6.07) is 0. The van der Waals surface area contributed by atoms with E-state index in [1.807, 2.05) is 13.1 Å². The number of hydrogen-bond donors (Lipinski definition) is 2. The molecule has 0 radical (unpaired) electrons. The molecular formula is C31H51BrN8O8. The molecule has 2 rings (SSSR count). The Morgan fingerprint density at radius 2 is 1.42 bits per heavy atom. The van der Waals surface area contributed by atoms with Gasteiger partial charge in [-0.2, -0.15) is 0 Å². The molecule has 2 atom stereocenters. The summed E-state index contributed by atoms with van der Waals surface area (Å²) in [5.74, 6) is -1.21. The summed E-state index contributed by atoms with van der Waals surface area (Å²) in [6.45, 7) is 8.48. The highest BCUT2D eigenvalue weighted by molar-refractivity contribution is 9.10. The number of rotatable bonds is 26. The van der Waals surface area contributed by atoms with Crippen LogP contribution in [0.1, 0.15) is 70.7 Å². The average molecular weight is 744 g/mol.